The summed E-state index contributed by atoms with van der Waals surface area (Å²) in [7, 11) is 0. The molecule has 0 fully saturated rings. The van der Waals surface area contributed by atoms with Crippen LogP contribution < -0.4 is 0 Å². The van der Waals surface area contributed by atoms with Crippen LogP contribution in [0.5, 0.6) is 0 Å². The van der Waals surface area contributed by atoms with Crippen LogP contribution in [0.15, 0.2) is 0 Å². The van der Waals surface area contributed by atoms with Crippen LogP contribution in [-0.2, 0) is 0 Å². The Bertz CT molecular complexity index is 87.0. The molecule has 1 unspecified atom stereocenters. The Morgan fingerprint density at radius 2 is 1.42 bits per heavy atom. The molecule has 0 aromatic rings. The summed E-state index contributed by atoms with van der Waals surface area (Å²) in [6.07, 6.45) is 6.10. The topological polar surface area (TPSA) is 20.2 Å². The van der Waals surface area contributed by atoms with Crippen molar-refractivity contribution in [2.75, 3.05) is 6.61 Å². The molecule has 0 aliphatic heterocycles. The van der Waals surface area contributed by atoms with E-state index in [1.54, 1.807) is 0 Å². The van der Waals surface area contributed by atoms with Crippen LogP contribution in [0.1, 0.15) is 52.9 Å². The van der Waals surface area contributed by atoms with Gasteiger partial charge in [-0.25, -0.2) is 0 Å². The number of hydrogen-bond donors (Lipinski definition) is 1. The second-order valence-electron chi connectivity index (χ2n) is 3.70. The molecule has 0 aliphatic rings. The van der Waals surface area contributed by atoms with Gasteiger partial charge in [0, 0.05) is 6.61 Å². The maximum Gasteiger partial charge on any atom is 0.0433 e. The lowest BCUT2D eigenvalue weighted by molar-refractivity contribution is 0.231. The second kappa shape index (κ2) is 7.60. The molecule has 0 radical (unpaired) electrons. The summed E-state index contributed by atoms with van der Waals surface area (Å²) in [6, 6.07) is 0. The van der Waals surface area contributed by atoms with Crippen LogP contribution >= 0.6 is 0 Å². The Morgan fingerprint density at radius 3 is 1.75 bits per heavy atom. The molecule has 0 saturated heterocycles. The van der Waals surface area contributed by atoms with Gasteiger partial charge in [0.25, 0.3) is 0 Å². The third kappa shape index (κ3) is 4.76. The third-order valence-corrected chi connectivity index (χ3v) is 2.94. The normalized spacial score (nSPS) is 13.8. The van der Waals surface area contributed by atoms with Gasteiger partial charge >= 0.3 is 0 Å². The molecule has 0 amide bonds. The Morgan fingerprint density at radius 1 is 0.917 bits per heavy atom. The highest BCUT2D eigenvalue weighted by Gasteiger charge is 2.11. The molecule has 74 valence electrons. The van der Waals surface area contributed by atoms with Crippen molar-refractivity contribution < 1.29 is 5.11 Å². The Labute approximate surface area is 77.2 Å². The molecule has 0 bridgehead atoms. The molecule has 0 aromatic carbocycles. The van der Waals surface area contributed by atoms with Gasteiger partial charge in [0.05, 0.1) is 0 Å². The number of aliphatic hydroxyl groups excluding tert-OH is 1. The molecular weight excluding hydrogens is 148 g/mol. The van der Waals surface area contributed by atoms with E-state index in [1.165, 1.54) is 25.7 Å². The zero-order valence-electron chi connectivity index (χ0n) is 8.84. The van der Waals surface area contributed by atoms with Crippen LogP contribution in [0.3, 0.4) is 0 Å². The molecule has 1 nitrogen and oxygen atoms in total. The summed E-state index contributed by atoms with van der Waals surface area (Å²) in [4.78, 5) is 0. The largest absolute Gasteiger partial charge is 0.396 e. The van der Waals surface area contributed by atoms with Crippen molar-refractivity contribution in [3.8, 4) is 0 Å². The highest BCUT2D eigenvalue weighted by molar-refractivity contribution is 4.63. The molecule has 1 atom stereocenters. The fraction of sp³-hybridized carbons (Fsp3) is 1.00. The van der Waals surface area contributed by atoms with E-state index in [4.69, 9.17) is 5.11 Å². The number of rotatable bonds is 7. The van der Waals surface area contributed by atoms with E-state index in [1.807, 2.05) is 0 Å². The van der Waals surface area contributed by atoms with Crippen molar-refractivity contribution in [2.45, 2.75) is 52.9 Å². The molecule has 12 heavy (non-hydrogen) atoms. The van der Waals surface area contributed by atoms with Crippen molar-refractivity contribution in [2.24, 2.45) is 11.8 Å². The minimum absolute atomic E-state index is 0.360. The van der Waals surface area contributed by atoms with E-state index in [9.17, 15) is 0 Å². The van der Waals surface area contributed by atoms with Crippen LogP contribution in [0, 0.1) is 11.8 Å². The van der Waals surface area contributed by atoms with Crippen molar-refractivity contribution in [1.82, 2.24) is 0 Å². The smallest absolute Gasteiger partial charge is 0.0433 e. The lowest BCUT2D eigenvalue weighted by Crippen LogP contribution is -2.08. The molecule has 0 spiro atoms. The van der Waals surface area contributed by atoms with Gasteiger partial charge in [-0.2, -0.15) is 0 Å². The van der Waals surface area contributed by atoms with Crippen LogP contribution in [0.2, 0.25) is 0 Å². The van der Waals surface area contributed by atoms with E-state index in [0.29, 0.717) is 6.61 Å². The van der Waals surface area contributed by atoms with E-state index in [0.717, 1.165) is 18.3 Å². The van der Waals surface area contributed by atoms with E-state index < -0.39 is 0 Å². The third-order valence-electron chi connectivity index (χ3n) is 2.94. The Kier molecular flexibility index (Phi) is 7.58. The fourth-order valence-corrected chi connectivity index (χ4v) is 1.76. The van der Waals surface area contributed by atoms with Gasteiger partial charge in [-0.15, -0.1) is 0 Å². The van der Waals surface area contributed by atoms with Gasteiger partial charge in [0.2, 0.25) is 0 Å². The summed E-state index contributed by atoms with van der Waals surface area (Å²) in [5.74, 6) is 1.63. The summed E-state index contributed by atoms with van der Waals surface area (Å²) in [5.41, 5.74) is 0. The zero-order chi connectivity index (χ0) is 9.40. The van der Waals surface area contributed by atoms with Gasteiger partial charge in [-0.3, -0.25) is 0 Å². The first-order valence-corrected chi connectivity index (χ1v) is 5.39. The summed E-state index contributed by atoms with van der Waals surface area (Å²) in [6.45, 7) is 7.11. The van der Waals surface area contributed by atoms with Crippen molar-refractivity contribution in [3.05, 3.63) is 0 Å². The number of aliphatic hydroxyl groups is 1. The van der Waals surface area contributed by atoms with Crippen molar-refractivity contribution in [3.63, 3.8) is 0 Å². The SMILES string of the molecule is CCC(CC)CC(CC)CCO. The van der Waals surface area contributed by atoms with Gasteiger partial charge in [-0.05, 0) is 24.7 Å². The molecule has 1 heteroatoms. The Hall–Kier alpha value is -0.0400. The monoisotopic (exact) mass is 172 g/mol. The van der Waals surface area contributed by atoms with E-state index in [2.05, 4.69) is 20.8 Å². The van der Waals surface area contributed by atoms with Gasteiger partial charge < -0.3 is 5.11 Å². The van der Waals surface area contributed by atoms with Crippen LogP contribution in [-0.4, -0.2) is 11.7 Å². The molecule has 0 saturated carbocycles. The first kappa shape index (κ1) is 12.0. The first-order valence-electron chi connectivity index (χ1n) is 5.39. The second-order valence-corrected chi connectivity index (χ2v) is 3.70. The summed E-state index contributed by atoms with van der Waals surface area (Å²) >= 11 is 0. The molecular formula is C11H24O. The maximum atomic E-state index is 8.83. The average Bonchev–Trinajstić information content (AvgIpc) is 2.12. The highest BCUT2D eigenvalue weighted by atomic mass is 16.3. The molecule has 0 aliphatic carbocycles. The van der Waals surface area contributed by atoms with Gasteiger partial charge in [-0.1, -0.05) is 40.0 Å². The van der Waals surface area contributed by atoms with Crippen LogP contribution in [0.25, 0.3) is 0 Å². The maximum absolute atomic E-state index is 8.83. The van der Waals surface area contributed by atoms with E-state index in [-0.39, 0.29) is 0 Å². The predicted octanol–water partition coefficient (Wildman–Crippen LogP) is 3.22. The average molecular weight is 172 g/mol. The van der Waals surface area contributed by atoms with Gasteiger partial charge in [0.15, 0.2) is 0 Å². The van der Waals surface area contributed by atoms with Gasteiger partial charge in [0.1, 0.15) is 0 Å². The lowest BCUT2D eigenvalue weighted by atomic mass is 9.87. The molecule has 0 aromatic heterocycles. The Balaban J connectivity index is 3.65. The van der Waals surface area contributed by atoms with E-state index >= 15 is 0 Å². The zero-order valence-corrected chi connectivity index (χ0v) is 8.84. The minimum atomic E-state index is 0.360. The minimum Gasteiger partial charge on any atom is -0.396 e. The summed E-state index contributed by atoms with van der Waals surface area (Å²) < 4.78 is 0. The standard InChI is InChI=1S/C11H24O/c1-4-10(5-2)9-11(6-3)7-8-12/h10-12H,4-9H2,1-3H3. The molecule has 1 N–H and O–H groups in total. The lowest BCUT2D eigenvalue weighted by Gasteiger charge is -2.19. The predicted molar refractivity (Wildman–Crippen MR) is 54.2 cm³/mol. The highest BCUT2D eigenvalue weighted by Crippen LogP contribution is 2.23. The quantitative estimate of drug-likeness (QED) is 0.625. The summed E-state index contributed by atoms with van der Waals surface area (Å²) in [5, 5.41) is 8.83. The first-order chi connectivity index (χ1) is 5.78. The fourth-order valence-electron chi connectivity index (χ4n) is 1.76. The van der Waals surface area contributed by atoms with Crippen LogP contribution in [0.4, 0.5) is 0 Å². The van der Waals surface area contributed by atoms with Crippen molar-refractivity contribution >= 4 is 0 Å². The number of hydrogen-bond acceptors (Lipinski definition) is 1. The molecule has 0 rings (SSSR count). The molecule has 0 heterocycles. The van der Waals surface area contributed by atoms with Crippen molar-refractivity contribution in [1.29, 1.82) is 0 Å².